The second kappa shape index (κ2) is 8.30. The molecule has 0 amide bonds. The number of hydrogen-bond donors (Lipinski definition) is 0. The summed E-state index contributed by atoms with van der Waals surface area (Å²) in [5, 5.41) is 14.6. The number of benzene rings is 2. The molecule has 0 saturated heterocycles. The Balaban J connectivity index is 2.04. The molecule has 126 valence electrons. The van der Waals surface area contributed by atoms with E-state index < -0.39 is 4.92 Å². The van der Waals surface area contributed by atoms with Crippen molar-refractivity contribution < 1.29 is 19.2 Å². The number of nitro groups is 1. The first-order chi connectivity index (χ1) is 11.5. The predicted octanol–water partition coefficient (Wildman–Crippen LogP) is 3.93. The lowest BCUT2D eigenvalue weighted by atomic mass is 10.2. The molecule has 0 aliphatic carbocycles. The molecule has 2 aromatic rings. The van der Waals surface area contributed by atoms with Crippen LogP contribution in [-0.4, -0.2) is 25.4 Å². The van der Waals surface area contributed by atoms with Crippen molar-refractivity contribution in [2.24, 2.45) is 5.16 Å². The minimum absolute atomic E-state index is 0.00147. The van der Waals surface area contributed by atoms with Crippen LogP contribution in [0.15, 0.2) is 46.0 Å². The van der Waals surface area contributed by atoms with E-state index in [1.54, 1.807) is 38.5 Å². The van der Waals surface area contributed by atoms with Crippen molar-refractivity contribution in [3.05, 3.63) is 62.1 Å². The van der Waals surface area contributed by atoms with Crippen LogP contribution in [0.2, 0.25) is 0 Å². The minimum Gasteiger partial charge on any atom is -0.493 e. The molecule has 0 aliphatic heterocycles. The second-order valence-corrected chi connectivity index (χ2v) is 5.51. The van der Waals surface area contributed by atoms with Gasteiger partial charge < -0.3 is 14.3 Å². The summed E-state index contributed by atoms with van der Waals surface area (Å²) in [7, 11) is 3.11. The quantitative estimate of drug-likeness (QED) is 0.403. The minimum atomic E-state index is -0.459. The van der Waals surface area contributed by atoms with E-state index in [4.69, 9.17) is 14.3 Å². The zero-order valence-corrected chi connectivity index (χ0v) is 14.6. The molecule has 24 heavy (non-hydrogen) atoms. The molecule has 0 N–H and O–H groups in total. The fourth-order valence-corrected chi connectivity index (χ4v) is 2.37. The number of nitrogens with zero attached hydrogens (tertiary/aromatic N) is 2. The summed E-state index contributed by atoms with van der Waals surface area (Å²) in [6, 6.07) is 9.68. The van der Waals surface area contributed by atoms with Crippen LogP contribution < -0.4 is 9.47 Å². The zero-order valence-electron chi connectivity index (χ0n) is 13.1. The molecular formula is C16H15BrN2O5. The van der Waals surface area contributed by atoms with Gasteiger partial charge in [-0.3, -0.25) is 10.1 Å². The first-order valence-electron chi connectivity index (χ1n) is 6.85. The van der Waals surface area contributed by atoms with Crippen LogP contribution in [-0.2, 0) is 11.4 Å². The van der Waals surface area contributed by atoms with Gasteiger partial charge in [-0.1, -0.05) is 33.2 Å². The molecule has 2 rings (SSSR count). The number of oxime groups is 1. The van der Waals surface area contributed by atoms with Crippen molar-refractivity contribution in [3.63, 3.8) is 0 Å². The largest absolute Gasteiger partial charge is 0.493 e. The van der Waals surface area contributed by atoms with Gasteiger partial charge in [-0.05, 0) is 12.1 Å². The van der Waals surface area contributed by atoms with Crippen molar-refractivity contribution in [1.82, 2.24) is 0 Å². The molecule has 0 heterocycles. The van der Waals surface area contributed by atoms with Gasteiger partial charge in [0.1, 0.15) is 6.61 Å². The average molecular weight is 395 g/mol. The van der Waals surface area contributed by atoms with Gasteiger partial charge in [0.15, 0.2) is 11.5 Å². The second-order valence-electron chi connectivity index (χ2n) is 4.66. The van der Waals surface area contributed by atoms with Crippen molar-refractivity contribution in [2.45, 2.75) is 6.61 Å². The van der Waals surface area contributed by atoms with E-state index in [1.807, 2.05) is 0 Å². The van der Waals surface area contributed by atoms with Crippen molar-refractivity contribution in [2.75, 3.05) is 14.2 Å². The monoisotopic (exact) mass is 394 g/mol. The number of nitro benzene ring substituents is 1. The fourth-order valence-electron chi connectivity index (χ4n) is 1.93. The number of halogens is 1. The highest BCUT2D eigenvalue weighted by atomic mass is 79.9. The van der Waals surface area contributed by atoms with E-state index in [0.717, 1.165) is 10.0 Å². The number of rotatable bonds is 7. The van der Waals surface area contributed by atoms with Crippen LogP contribution in [0.4, 0.5) is 5.69 Å². The Hall–Kier alpha value is -2.61. The molecule has 2 aromatic carbocycles. The number of non-ortho nitro benzene ring substituents is 1. The topological polar surface area (TPSA) is 83.2 Å². The number of hydrogen-bond acceptors (Lipinski definition) is 6. The summed E-state index contributed by atoms with van der Waals surface area (Å²) in [6.45, 7) is 0.201. The van der Waals surface area contributed by atoms with Crippen LogP contribution in [0.1, 0.15) is 11.1 Å². The summed E-state index contributed by atoms with van der Waals surface area (Å²) in [4.78, 5) is 15.5. The maximum Gasteiger partial charge on any atom is 0.270 e. The summed E-state index contributed by atoms with van der Waals surface area (Å²) >= 11 is 3.43. The Kier molecular flexibility index (Phi) is 6.14. The third kappa shape index (κ3) is 4.45. The average Bonchev–Trinajstić information content (AvgIpc) is 2.59. The Labute approximate surface area is 147 Å². The van der Waals surface area contributed by atoms with E-state index in [2.05, 4.69) is 21.1 Å². The highest BCUT2D eigenvalue weighted by molar-refractivity contribution is 9.10. The summed E-state index contributed by atoms with van der Waals surface area (Å²) in [5.74, 6) is 1.19. The molecule has 8 heteroatoms. The smallest absolute Gasteiger partial charge is 0.270 e. The van der Waals surface area contributed by atoms with Gasteiger partial charge in [-0.25, -0.2) is 0 Å². The molecule has 0 bridgehead atoms. The predicted molar refractivity (Wildman–Crippen MR) is 92.7 cm³/mol. The Morgan fingerprint density at radius 1 is 1.21 bits per heavy atom. The maximum atomic E-state index is 10.7. The lowest BCUT2D eigenvalue weighted by Crippen LogP contribution is -1.95. The zero-order chi connectivity index (χ0) is 17.5. The van der Waals surface area contributed by atoms with E-state index in [-0.39, 0.29) is 12.3 Å². The number of ether oxygens (including phenoxy) is 2. The lowest BCUT2D eigenvalue weighted by molar-refractivity contribution is -0.384. The highest BCUT2D eigenvalue weighted by Crippen LogP contribution is 2.33. The van der Waals surface area contributed by atoms with Crippen molar-refractivity contribution >= 4 is 27.8 Å². The molecule has 0 fully saturated rings. The SMILES string of the molecule is COc1cc(Br)c(CO/N=C/c2cccc([N+](=O)[O-])c2)cc1OC. The normalized spacial score (nSPS) is 10.6. The van der Waals surface area contributed by atoms with Gasteiger partial charge in [0.25, 0.3) is 5.69 Å². The first kappa shape index (κ1) is 17.7. The molecule has 0 spiro atoms. The van der Waals surface area contributed by atoms with Crippen LogP contribution >= 0.6 is 15.9 Å². The van der Waals surface area contributed by atoms with E-state index in [9.17, 15) is 10.1 Å². The van der Waals surface area contributed by atoms with Gasteiger partial charge in [0.05, 0.1) is 25.4 Å². The molecule has 0 saturated carbocycles. The van der Waals surface area contributed by atoms with Crippen LogP contribution in [0.5, 0.6) is 11.5 Å². The van der Waals surface area contributed by atoms with Gasteiger partial charge >= 0.3 is 0 Å². The summed E-state index contributed by atoms with van der Waals surface area (Å²) in [5.41, 5.74) is 1.40. The Morgan fingerprint density at radius 2 is 1.92 bits per heavy atom. The molecule has 0 aromatic heterocycles. The van der Waals surface area contributed by atoms with Crippen LogP contribution in [0.25, 0.3) is 0 Å². The Bertz CT molecular complexity index is 764. The third-order valence-electron chi connectivity index (χ3n) is 3.13. The molecule has 0 unspecified atom stereocenters. The maximum absolute atomic E-state index is 10.7. The van der Waals surface area contributed by atoms with Crippen molar-refractivity contribution in [1.29, 1.82) is 0 Å². The Morgan fingerprint density at radius 3 is 2.58 bits per heavy atom. The first-order valence-corrected chi connectivity index (χ1v) is 7.64. The molecule has 0 aliphatic rings. The van der Waals surface area contributed by atoms with Crippen LogP contribution in [0.3, 0.4) is 0 Å². The summed E-state index contributed by atoms with van der Waals surface area (Å²) in [6.07, 6.45) is 1.42. The third-order valence-corrected chi connectivity index (χ3v) is 3.87. The molecular weight excluding hydrogens is 380 g/mol. The van der Waals surface area contributed by atoms with E-state index in [0.29, 0.717) is 17.1 Å². The summed E-state index contributed by atoms with van der Waals surface area (Å²) < 4.78 is 11.2. The van der Waals surface area contributed by atoms with E-state index in [1.165, 1.54) is 18.3 Å². The molecule has 0 atom stereocenters. The van der Waals surface area contributed by atoms with Gasteiger partial charge in [0, 0.05) is 27.7 Å². The van der Waals surface area contributed by atoms with Gasteiger partial charge in [-0.2, -0.15) is 0 Å². The standard InChI is InChI=1S/C16H15BrN2O5/c1-22-15-7-12(14(17)8-16(15)23-2)10-24-18-9-11-4-3-5-13(6-11)19(20)21/h3-9H,10H2,1-2H3/b18-9+. The van der Waals surface area contributed by atoms with Crippen molar-refractivity contribution in [3.8, 4) is 11.5 Å². The fraction of sp³-hybridized carbons (Fsp3) is 0.188. The molecule has 7 nitrogen and oxygen atoms in total. The van der Waals surface area contributed by atoms with Gasteiger partial charge in [0.2, 0.25) is 0 Å². The highest BCUT2D eigenvalue weighted by Gasteiger charge is 2.10. The number of methoxy groups -OCH3 is 2. The van der Waals surface area contributed by atoms with Crippen LogP contribution in [0, 0.1) is 10.1 Å². The van der Waals surface area contributed by atoms with Gasteiger partial charge in [-0.15, -0.1) is 0 Å². The van der Waals surface area contributed by atoms with E-state index >= 15 is 0 Å². The molecule has 0 radical (unpaired) electrons. The lowest BCUT2D eigenvalue weighted by Gasteiger charge is -2.11.